The second-order valence-corrected chi connectivity index (χ2v) is 9.72. The van der Waals surface area contributed by atoms with Crippen molar-refractivity contribution in [2.75, 3.05) is 26.2 Å². The Kier molecular flexibility index (Phi) is 4.94. The van der Waals surface area contributed by atoms with Crippen LogP contribution in [0.2, 0.25) is 0 Å². The van der Waals surface area contributed by atoms with Gasteiger partial charge in [0.15, 0.2) is 0 Å². The molecule has 0 atom stereocenters. The maximum atomic E-state index is 12.6. The molecule has 0 saturated carbocycles. The van der Waals surface area contributed by atoms with Gasteiger partial charge in [-0.2, -0.15) is 4.31 Å². The molecule has 3 rings (SSSR count). The lowest BCUT2D eigenvalue weighted by Gasteiger charge is -2.33. The Morgan fingerprint density at radius 1 is 1.09 bits per heavy atom. The first-order chi connectivity index (χ1) is 10.6. The van der Waals surface area contributed by atoms with Crippen LogP contribution in [0.15, 0.2) is 44.7 Å². The molecule has 2 aromatic rings. The highest BCUT2D eigenvalue weighted by molar-refractivity contribution is 9.11. The molecule has 0 amide bonds. The third-order valence-corrected chi connectivity index (χ3v) is 7.62. The largest absolute Gasteiger partial charge is 0.296 e. The van der Waals surface area contributed by atoms with Crippen molar-refractivity contribution in [1.29, 1.82) is 0 Å². The van der Waals surface area contributed by atoms with Crippen LogP contribution in [0, 0.1) is 0 Å². The molecule has 0 N–H and O–H groups in total. The molecule has 0 aromatic carbocycles. The fraction of sp³-hybridized carbons (Fsp3) is 0.357. The Bertz CT molecular complexity index is 726. The lowest BCUT2D eigenvalue weighted by Crippen LogP contribution is -2.48. The number of halogens is 1. The van der Waals surface area contributed by atoms with Gasteiger partial charge in [0.1, 0.15) is 4.21 Å². The van der Waals surface area contributed by atoms with Gasteiger partial charge in [0.25, 0.3) is 10.0 Å². The van der Waals surface area contributed by atoms with Gasteiger partial charge in [-0.15, -0.1) is 11.3 Å². The Morgan fingerprint density at radius 3 is 2.36 bits per heavy atom. The van der Waals surface area contributed by atoms with Crippen molar-refractivity contribution >= 4 is 37.3 Å². The Morgan fingerprint density at radius 2 is 1.77 bits per heavy atom. The number of piperazine rings is 1. The van der Waals surface area contributed by atoms with E-state index in [0.29, 0.717) is 17.3 Å². The lowest BCUT2D eigenvalue weighted by atomic mass is 10.2. The van der Waals surface area contributed by atoms with E-state index < -0.39 is 10.0 Å². The van der Waals surface area contributed by atoms with Crippen LogP contribution in [-0.2, 0) is 16.6 Å². The number of rotatable bonds is 4. The molecule has 3 heterocycles. The van der Waals surface area contributed by atoms with Crippen LogP contribution in [0.3, 0.4) is 0 Å². The Hall–Kier alpha value is -0.800. The highest BCUT2D eigenvalue weighted by atomic mass is 79.9. The monoisotopic (exact) mass is 401 g/mol. The maximum Gasteiger partial charge on any atom is 0.252 e. The van der Waals surface area contributed by atoms with Crippen molar-refractivity contribution in [3.05, 3.63) is 46.0 Å². The highest BCUT2D eigenvalue weighted by Gasteiger charge is 2.29. The molecule has 0 unspecified atom stereocenters. The molecule has 5 nitrogen and oxygen atoms in total. The number of aromatic nitrogens is 1. The molecule has 0 spiro atoms. The van der Waals surface area contributed by atoms with E-state index in [-0.39, 0.29) is 0 Å². The maximum absolute atomic E-state index is 12.6. The van der Waals surface area contributed by atoms with Crippen LogP contribution in [0.1, 0.15) is 5.56 Å². The molecule has 2 aromatic heterocycles. The van der Waals surface area contributed by atoms with Crippen LogP contribution < -0.4 is 0 Å². The minimum Gasteiger partial charge on any atom is -0.296 e. The number of sulfonamides is 1. The number of pyridine rings is 1. The van der Waals surface area contributed by atoms with Crippen molar-refractivity contribution in [3.8, 4) is 0 Å². The minimum atomic E-state index is -3.35. The third kappa shape index (κ3) is 3.57. The Balaban J connectivity index is 1.62. The van der Waals surface area contributed by atoms with Crippen molar-refractivity contribution in [1.82, 2.24) is 14.2 Å². The quantitative estimate of drug-likeness (QED) is 0.788. The molecule has 1 aliphatic rings. The van der Waals surface area contributed by atoms with Crippen LogP contribution in [-0.4, -0.2) is 48.8 Å². The molecule has 1 fully saturated rings. The zero-order chi connectivity index (χ0) is 15.6. The topological polar surface area (TPSA) is 53.5 Å². The van der Waals surface area contributed by atoms with Gasteiger partial charge in [-0.05, 0) is 45.8 Å². The summed E-state index contributed by atoms with van der Waals surface area (Å²) in [4.78, 5) is 6.28. The van der Waals surface area contributed by atoms with Crippen molar-refractivity contribution in [2.45, 2.75) is 10.8 Å². The fourth-order valence-corrected chi connectivity index (χ4v) is 6.02. The van der Waals surface area contributed by atoms with Crippen LogP contribution in [0.5, 0.6) is 0 Å². The minimum absolute atomic E-state index is 0.405. The summed E-state index contributed by atoms with van der Waals surface area (Å²) in [5.74, 6) is 0. The van der Waals surface area contributed by atoms with E-state index in [1.165, 1.54) is 16.9 Å². The summed E-state index contributed by atoms with van der Waals surface area (Å²) in [6, 6.07) is 7.42. The number of thiophene rings is 1. The van der Waals surface area contributed by atoms with Gasteiger partial charge in [0.05, 0.1) is 3.79 Å². The van der Waals surface area contributed by atoms with E-state index in [1.807, 2.05) is 12.1 Å². The van der Waals surface area contributed by atoms with E-state index in [0.717, 1.165) is 23.4 Å². The second kappa shape index (κ2) is 6.76. The predicted molar refractivity (Wildman–Crippen MR) is 90.3 cm³/mol. The van der Waals surface area contributed by atoms with Gasteiger partial charge in [-0.3, -0.25) is 9.88 Å². The molecular formula is C14H16BrN3O2S2. The van der Waals surface area contributed by atoms with Gasteiger partial charge in [0, 0.05) is 45.1 Å². The number of nitrogens with zero attached hydrogens (tertiary/aromatic N) is 3. The lowest BCUT2D eigenvalue weighted by molar-refractivity contribution is 0.181. The second-order valence-electron chi connectivity index (χ2n) is 5.09. The molecule has 0 bridgehead atoms. The summed E-state index contributed by atoms with van der Waals surface area (Å²) in [7, 11) is -3.35. The SMILES string of the molecule is O=S(=O)(c1ccc(Br)s1)N1CCN(Cc2ccncc2)CC1. The highest BCUT2D eigenvalue weighted by Crippen LogP contribution is 2.29. The average molecular weight is 402 g/mol. The Labute approximate surface area is 142 Å². The molecule has 1 aliphatic heterocycles. The van der Waals surface area contributed by atoms with Crippen molar-refractivity contribution in [2.24, 2.45) is 0 Å². The van der Waals surface area contributed by atoms with E-state index in [9.17, 15) is 8.42 Å². The summed E-state index contributed by atoms with van der Waals surface area (Å²) >= 11 is 4.58. The summed E-state index contributed by atoms with van der Waals surface area (Å²) in [6.07, 6.45) is 3.56. The summed E-state index contributed by atoms with van der Waals surface area (Å²) in [6.45, 7) is 3.38. The smallest absolute Gasteiger partial charge is 0.252 e. The summed E-state index contributed by atoms with van der Waals surface area (Å²) < 4.78 is 27.9. The molecule has 1 saturated heterocycles. The zero-order valence-corrected chi connectivity index (χ0v) is 15.1. The molecule has 0 aliphatic carbocycles. The van der Waals surface area contributed by atoms with Gasteiger partial charge >= 0.3 is 0 Å². The number of hydrogen-bond acceptors (Lipinski definition) is 5. The van der Waals surface area contributed by atoms with Gasteiger partial charge in [-0.25, -0.2) is 8.42 Å². The van der Waals surface area contributed by atoms with E-state index in [4.69, 9.17) is 0 Å². The molecule has 0 radical (unpaired) electrons. The first-order valence-corrected chi connectivity index (χ1v) is 9.97. The molecule has 22 heavy (non-hydrogen) atoms. The number of hydrogen-bond donors (Lipinski definition) is 0. The first-order valence-electron chi connectivity index (χ1n) is 6.92. The first kappa shape index (κ1) is 16.1. The van der Waals surface area contributed by atoms with E-state index >= 15 is 0 Å². The van der Waals surface area contributed by atoms with Gasteiger partial charge in [-0.1, -0.05) is 0 Å². The molecular weight excluding hydrogens is 386 g/mol. The zero-order valence-electron chi connectivity index (χ0n) is 11.9. The molecule has 8 heteroatoms. The third-order valence-electron chi connectivity index (χ3n) is 3.63. The van der Waals surface area contributed by atoms with E-state index in [2.05, 4.69) is 25.8 Å². The van der Waals surface area contributed by atoms with Crippen molar-refractivity contribution < 1.29 is 8.42 Å². The van der Waals surface area contributed by atoms with Crippen LogP contribution >= 0.6 is 27.3 Å². The standard InChI is InChI=1S/C14H16BrN3O2S2/c15-13-1-2-14(21-13)22(19,20)18-9-7-17(8-10-18)11-12-3-5-16-6-4-12/h1-6H,7-11H2. The van der Waals surface area contributed by atoms with E-state index in [1.54, 1.807) is 28.8 Å². The molecule has 118 valence electrons. The van der Waals surface area contributed by atoms with Gasteiger partial charge < -0.3 is 0 Å². The summed E-state index contributed by atoms with van der Waals surface area (Å²) in [5, 5.41) is 0. The van der Waals surface area contributed by atoms with Crippen LogP contribution in [0.4, 0.5) is 0 Å². The normalized spacial score (nSPS) is 17.7. The van der Waals surface area contributed by atoms with Crippen molar-refractivity contribution in [3.63, 3.8) is 0 Å². The van der Waals surface area contributed by atoms with Gasteiger partial charge in [0.2, 0.25) is 0 Å². The fourth-order valence-electron chi connectivity index (χ4n) is 2.44. The van der Waals surface area contributed by atoms with Crippen LogP contribution in [0.25, 0.3) is 0 Å². The average Bonchev–Trinajstić information content (AvgIpc) is 2.96. The predicted octanol–water partition coefficient (Wildman–Crippen LogP) is 2.41. The summed E-state index contributed by atoms with van der Waals surface area (Å²) in [5.41, 5.74) is 1.20.